The summed E-state index contributed by atoms with van der Waals surface area (Å²) in [5.41, 5.74) is 8.21. The molecule has 0 bridgehead atoms. The van der Waals surface area contributed by atoms with Gasteiger partial charge in [0.25, 0.3) is 0 Å². The van der Waals surface area contributed by atoms with Crippen LogP contribution in [-0.2, 0) is 6.42 Å². The van der Waals surface area contributed by atoms with Gasteiger partial charge >= 0.3 is 6.18 Å². The molecule has 0 amide bonds. The highest BCUT2D eigenvalue weighted by molar-refractivity contribution is 7.15. The lowest BCUT2D eigenvalue weighted by Gasteiger charge is -2.16. The molecular formula is C19H17F3N6OS. The van der Waals surface area contributed by atoms with Crippen LogP contribution in [0.15, 0.2) is 30.7 Å². The fourth-order valence-electron chi connectivity index (χ4n) is 3.15. The monoisotopic (exact) mass is 434 g/mol. The second-order valence-electron chi connectivity index (χ2n) is 6.61. The number of fused-ring (bicyclic) bond motifs is 3. The van der Waals surface area contributed by atoms with Gasteiger partial charge in [0.15, 0.2) is 10.8 Å². The molecule has 0 fully saturated rings. The first-order chi connectivity index (χ1) is 14.3. The van der Waals surface area contributed by atoms with Gasteiger partial charge in [0.1, 0.15) is 18.1 Å². The molecule has 156 valence electrons. The van der Waals surface area contributed by atoms with E-state index in [-0.39, 0.29) is 5.82 Å². The first-order valence-electron chi connectivity index (χ1n) is 8.99. The maximum atomic E-state index is 13.2. The molecule has 1 aliphatic rings. The predicted molar refractivity (Wildman–Crippen MR) is 107 cm³/mol. The topological polar surface area (TPSA) is 103 Å². The van der Waals surface area contributed by atoms with Gasteiger partial charge in [-0.3, -0.25) is 0 Å². The summed E-state index contributed by atoms with van der Waals surface area (Å²) in [7, 11) is 0. The van der Waals surface area contributed by atoms with E-state index in [0.717, 1.165) is 40.2 Å². The molecule has 0 saturated heterocycles. The maximum Gasteiger partial charge on any atom is 0.410 e. The number of nitrogens with two attached hydrogens (primary N) is 1. The number of nitrogens with one attached hydrogen (secondary N) is 1. The Morgan fingerprint density at radius 1 is 1.40 bits per heavy atom. The van der Waals surface area contributed by atoms with Gasteiger partial charge in [-0.25, -0.2) is 14.6 Å². The number of thiazole rings is 1. The summed E-state index contributed by atoms with van der Waals surface area (Å²) in [6.45, 7) is 1.43. The van der Waals surface area contributed by atoms with Gasteiger partial charge in [-0.15, -0.1) is 11.3 Å². The fourth-order valence-corrected chi connectivity index (χ4v) is 4.20. The Kier molecular flexibility index (Phi) is 5.06. The summed E-state index contributed by atoms with van der Waals surface area (Å²) in [6.07, 6.45) is -0.293. The smallest absolute Gasteiger partial charge is 0.410 e. The minimum Gasteiger partial charge on any atom is -0.492 e. The van der Waals surface area contributed by atoms with Crippen molar-refractivity contribution in [3.05, 3.63) is 41.2 Å². The van der Waals surface area contributed by atoms with Crippen molar-refractivity contribution in [1.29, 1.82) is 5.41 Å². The molecule has 11 heteroatoms. The van der Waals surface area contributed by atoms with Crippen LogP contribution in [0, 0.1) is 5.41 Å². The van der Waals surface area contributed by atoms with Crippen molar-refractivity contribution in [2.45, 2.75) is 25.6 Å². The van der Waals surface area contributed by atoms with Crippen LogP contribution in [0.5, 0.6) is 5.75 Å². The molecule has 1 aromatic carbocycles. The Morgan fingerprint density at radius 3 is 2.90 bits per heavy atom. The summed E-state index contributed by atoms with van der Waals surface area (Å²) in [6, 6.07) is 3.57. The highest BCUT2D eigenvalue weighted by Gasteiger charge is 2.40. The first kappa shape index (κ1) is 20.1. The second kappa shape index (κ2) is 7.56. The predicted octanol–water partition coefficient (Wildman–Crippen LogP) is 4.08. The molecule has 0 aliphatic carbocycles. The number of ether oxygens (including phenoxy) is 1. The maximum absolute atomic E-state index is 13.2. The molecule has 2 aromatic heterocycles. The molecule has 0 saturated carbocycles. The normalized spacial score (nSPS) is 15.0. The molecule has 4 rings (SSSR count). The Hall–Kier alpha value is -3.21. The standard InChI is InChI=1S/C19H17F3N6OS/c1-10(19(20,21)22)28-17(25-9-26-28)18-27-16-13-3-2-11(12(7-23)8-24)6-14(13)29-5-4-15(16)30-18/h2-3,6-10,23H,4-5,24H2,1H3/b12-8+,23-7?. The zero-order valence-electron chi connectivity index (χ0n) is 15.8. The van der Waals surface area contributed by atoms with Gasteiger partial charge in [-0.2, -0.15) is 18.3 Å². The van der Waals surface area contributed by atoms with Gasteiger partial charge in [0.05, 0.1) is 12.3 Å². The third kappa shape index (κ3) is 3.45. The minimum absolute atomic E-state index is 0.0779. The molecule has 0 radical (unpaired) electrons. The highest BCUT2D eigenvalue weighted by Crippen LogP contribution is 2.41. The van der Waals surface area contributed by atoms with E-state index in [0.29, 0.717) is 35.1 Å². The second-order valence-corrected chi connectivity index (χ2v) is 7.70. The van der Waals surface area contributed by atoms with E-state index in [4.69, 9.17) is 15.9 Å². The Balaban J connectivity index is 1.78. The molecule has 1 aliphatic heterocycles. The third-order valence-electron chi connectivity index (χ3n) is 4.79. The van der Waals surface area contributed by atoms with E-state index < -0.39 is 12.2 Å². The Morgan fingerprint density at radius 2 is 2.20 bits per heavy atom. The van der Waals surface area contributed by atoms with E-state index in [1.165, 1.54) is 17.5 Å². The molecule has 3 aromatic rings. The van der Waals surface area contributed by atoms with Crippen LogP contribution >= 0.6 is 11.3 Å². The number of alkyl halides is 3. The average Bonchev–Trinajstić information content (AvgIpc) is 3.32. The number of rotatable bonds is 4. The lowest BCUT2D eigenvalue weighted by Crippen LogP contribution is -2.25. The van der Waals surface area contributed by atoms with Crippen molar-refractivity contribution in [2.24, 2.45) is 5.73 Å². The summed E-state index contributed by atoms with van der Waals surface area (Å²) >= 11 is 1.28. The number of hydrogen-bond donors (Lipinski definition) is 2. The van der Waals surface area contributed by atoms with E-state index in [1.807, 2.05) is 6.07 Å². The summed E-state index contributed by atoms with van der Waals surface area (Å²) in [5, 5.41) is 11.6. The molecule has 30 heavy (non-hydrogen) atoms. The van der Waals surface area contributed by atoms with E-state index >= 15 is 0 Å². The van der Waals surface area contributed by atoms with E-state index in [9.17, 15) is 13.2 Å². The zero-order chi connectivity index (χ0) is 21.5. The number of nitrogens with zero attached hydrogens (tertiary/aromatic N) is 4. The molecule has 1 unspecified atom stereocenters. The number of hydrogen-bond acceptors (Lipinski definition) is 7. The minimum atomic E-state index is -4.45. The Labute approximate surface area is 173 Å². The van der Waals surface area contributed by atoms with E-state index in [2.05, 4.69) is 15.1 Å². The van der Waals surface area contributed by atoms with Crippen molar-refractivity contribution in [1.82, 2.24) is 19.7 Å². The highest BCUT2D eigenvalue weighted by atomic mass is 32.1. The molecule has 3 heterocycles. The quantitative estimate of drug-likeness (QED) is 0.603. The number of aromatic nitrogens is 4. The van der Waals surface area contributed by atoms with Gasteiger partial charge in [0.2, 0.25) is 0 Å². The molecule has 7 nitrogen and oxygen atoms in total. The zero-order valence-corrected chi connectivity index (χ0v) is 16.6. The van der Waals surface area contributed by atoms with Crippen molar-refractivity contribution in [3.8, 4) is 27.8 Å². The van der Waals surface area contributed by atoms with Crippen LogP contribution in [0.25, 0.3) is 27.7 Å². The van der Waals surface area contributed by atoms with Crippen LogP contribution in [0.3, 0.4) is 0 Å². The first-order valence-corrected chi connectivity index (χ1v) is 9.81. The number of allylic oxidation sites excluding steroid dienone is 1. The van der Waals surface area contributed by atoms with Crippen molar-refractivity contribution >= 4 is 23.1 Å². The van der Waals surface area contributed by atoms with E-state index in [1.54, 1.807) is 12.1 Å². The van der Waals surface area contributed by atoms with Gasteiger partial charge in [-0.05, 0) is 24.6 Å². The van der Waals surface area contributed by atoms with Crippen molar-refractivity contribution in [3.63, 3.8) is 0 Å². The summed E-state index contributed by atoms with van der Waals surface area (Å²) in [5.74, 6) is 0.656. The van der Waals surface area contributed by atoms with Gasteiger partial charge in [0, 0.05) is 34.8 Å². The van der Waals surface area contributed by atoms with Crippen LogP contribution < -0.4 is 10.5 Å². The van der Waals surface area contributed by atoms with Crippen LogP contribution in [0.1, 0.15) is 23.4 Å². The third-order valence-corrected chi connectivity index (χ3v) is 5.91. The largest absolute Gasteiger partial charge is 0.492 e. The number of halogens is 3. The van der Waals surface area contributed by atoms with Crippen LogP contribution in [-0.4, -0.2) is 38.7 Å². The SMILES string of the molecule is CC(n1ncnc1-c1nc2c(s1)CCOc1cc(/C(C=N)=C/N)ccc1-2)C(F)(F)F. The van der Waals surface area contributed by atoms with Crippen molar-refractivity contribution in [2.75, 3.05) is 6.61 Å². The molecule has 3 N–H and O–H groups in total. The summed E-state index contributed by atoms with van der Waals surface area (Å²) in [4.78, 5) is 9.52. The molecule has 1 atom stereocenters. The van der Waals surface area contributed by atoms with Gasteiger partial charge in [-0.1, -0.05) is 6.07 Å². The fraction of sp³-hybridized carbons (Fsp3) is 0.263. The van der Waals surface area contributed by atoms with Gasteiger partial charge < -0.3 is 15.9 Å². The Bertz CT molecular complexity index is 1130. The lowest BCUT2D eigenvalue weighted by molar-refractivity contribution is -0.165. The number of benzene rings is 1. The van der Waals surface area contributed by atoms with Crippen LogP contribution in [0.2, 0.25) is 0 Å². The lowest BCUT2D eigenvalue weighted by atomic mass is 10.0. The van der Waals surface area contributed by atoms with Crippen molar-refractivity contribution < 1.29 is 17.9 Å². The molecular weight excluding hydrogens is 417 g/mol. The average molecular weight is 434 g/mol. The van der Waals surface area contributed by atoms with Crippen LogP contribution in [0.4, 0.5) is 13.2 Å². The molecule has 0 spiro atoms. The summed E-state index contributed by atoms with van der Waals surface area (Å²) < 4.78 is 46.3.